The fraction of sp³-hybridized carbons (Fsp3) is 0.381. The smallest absolute Gasteiger partial charge is 0.399 e. The molecule has 1 amide bonds. The second kappa shape index (κ2) is 6.56. The number of rotatable bonds is 3. The molecule has 0 aromatic heterocycles. The van der Waals surface area contributed by atoms with E-state index in [9.17, 15) is 4.79 Å². The fourth-order valence-electron chi connectivity index (χ4n) is 2.88. The van der Waals surface area contributed by atoms with Crippen LogP contribution in [0.3, 0.4) is 0 Å². The minimum atomic E-state index is -0.353. The van der Waals surface area contributed by atoms with Crippen LogP contribution in [0.15, 0.2) is 48.5 Å². The molecule has 0 saturated carbocycles. The van der Waals surface area contributed by atoms with E-state index >= 15 is 0 Å². The zero-order valence-electron chi connectivity index (χ0n) is 16.4. The molecule has 1 aliphatic heterocycles. The van der Waals surface area contributed by atoms with Gasteiger partial charge in [-0.3, -0.25) is 4.79 Å². The molecular weight excluding hydrogens is 325 g/mol. The number of carbonyl (C=O) groups is 1. The van der Waals surface area contributed by atoms with Gasteiger partial charge in [0, 0.05) is 19.7 Å². The van der Waals surface area contributed by atoms with E-state index in [0.29, 0.717) is 5.56 Å². The van der Waals surface area contributed by atoms with Crippen LogP contribution in [-0.2, 0) is 9.31 Å². The van der Waals surface area contributed by atoms with Crippen molar-refractivity contribution in [2.24, 2.45) is 0 Å². The molecule has 1 aliphatic rings. The van der Waals surface area contributed by atoms with Gasteiger partial charge in [-0.1, -0.05) is 36.4 Å². The van der Waals surface area contributed by atoms with E-state index in [-0.39, 0.29) is 24.2 Å². The van der Waals surface area contributed by atoms with Gasteiger partial charge in [0.1, 0.15) is 0 Å². The minimum Gasteiger partial charge on any atom is -0.399 e. The van der Waals surface area contributed by atoms with Crippen molar-refractivity contribution < 1.29 is 14.1 Å². The van der Waals surface area contributed by atoms with Crippen LogP contribution < -0.4 is 5.46 Å². The maximum Gasteiger partial charge on any atom is 0.494 e. The van der Waals surface area contributed by atoms with Crippen molar-refractivity contribution in [1.82, 2.24) is 4.90 Å². The Labute approximate surface area is 156 Å². The summed E-state index contributed by atoms with van der Waals surface area (Å²) in [6.45, 7) is 8.21. The van der Waals surface area contributed by atoms with Crippen molar-refractivity contribution in [3.05, 3.63) is 54.1 Å². The van der Waals surface area contributed by atoms with Gasteiger partial charge >= 0.3 is 7.12 Å². The lowest BCUT2D eigenvalue weighted by Crippen LogP contribution is -2.41. The summed E-state index contributed by atoms with van der Waals surface area (Å²) in [6.07, 6.45) is 0. The van der Waals surface area contributed by atoms with E-state index < -0.39 is 0 Å². The third kappa shape index (κ3) is 3.42. The summed E-state index contributed by atoms with van der Waals surface area (Å²) < 4.78 is 12.2. The molecule has 5 heteroatoms. The van der Waals surface area contributed by atoms with Crippen LogP contribution in [0.2, 0.25) is 0 Å². The van der Waals surface area contributed by atoms with Crippen LogP contribution in [0.4, 0.5) is 0 Å². The molecule has 26 heavy (non-hydrogen) atoms. The SMILES string of the molecule is CN(C)C(=O)c1ccc(-c2ccc(B3OC(C)(C)C(C)(C)O3)cc2)cc1. The zero-order valence-corrected chi connectivity index (χ0v) is 16.4. The minimum absolute atomic E-state index is 0.00709. The Morgan fingerprint density at radius 3 is 1.65 bits per heavy atom. The molecule has 2 aromatic rings. The lowest BCUT2D eigenvalue weighted by Gasteiger charge is -2.32. The molecule has 0 unspecified atom stereocenters. The van der Waals surface area contributed by atoms with Crippen molar-refractivity contribution in [1.29, 1.82) is 0 Å². The average Bonchev–Trinajstić information content (AvgIpc) is 2.82. The fourth-order valence-corrected chi connectivity index (χ4v) is 2.88. The second-order valence-electron chi connectivity index (χ2n) is 7.99. The van der Waals surface area contributed by atoms with Crippen molar-refractivity contribution in [2.75, 3.05) is 14.1 Å². The summed E-state index contributed by atoms with van der Waals surface area (Å²) >= 11 is 0. The van der Waals surface area contributed by atoms with Gasteiger partial charge in [0.25, 0.3) is 5.91 Å². The van der Waals surface area contributed by atoms with Gasteiger partial charge in [0.2, 0.25) is 0 Å². The van der Waals surface area contributed by atoms with Gasteiger partial charge < -0.3 is 14.2 Å². The summed E-state index contributed by atoms with van der Waals surface area (Å²) in [4.78, 5) is 13.6. The number of hydrogen-bond donors (Lipinski definition) is 0. The number of amides is 1. The first-order chi connectivity index (χ1) is 12.1. The van der Waals surface area contributed by atoms with Crippen molar-refractivity contribution in [3.63, 3.8) is 0 Å². The molecule has 1 heterocycles. The second-order valence-corrected chi connectivity index (χ2v) is 7.99. The molecule has 4 nitrogen and oxygen atoms in total. The number of carbonyl (C=O) groups excluding carboxylic acids is 1. The number of nitrogens with zero attached hydrogens (tertiary/aromatic N) is 1. The summed E-state index contributed by atoms with van der Waals surface area (Å²) in [7, 11) is 3.16. The lowest BCUT2D eigenvalue weighted by atomic mass is 9.78. The first kappa shape index (κ1) is 18.7. The van der Waals surface area contributed by atoms with E-state index in [0.717, 1.165) is 16.6 Å². The third-order valence-corrected chi connectivity index (χ3v) is 5.31. The third-order valence-electron chi connectivity index (χ3n) is 5.31. The van der Waals surface area contributed by atoms with Crippen molar-refractivity contribution in [3.8, 4) is 11.1 Å². The van der Waals surface area contributed by atoms with Gasteiger partial charge in [0.15, 0.2) is 0 Å². The van der Waals surface area contributed by atoms with Crippen LogP contribution in [0, 0.1) is 0 Å². The highest BCUT2D eigenvalue weighted by atomic mass is 16.7. The molecule has 0 N–H and O–H groups in total. The van der Waals surface area contributed by atoms with E-state index in [1.165, 1.54) is 0 Å². The molecule has 3 rings (SSSR count). The molecule has 0 bridgehead atoms. The van der Waals surface area contributed by atoms with E-state index in [1.54, 1.807) is 19.0 Å². The van der Waals surface area contributed by atoms with Gasteiger partial charge in [-0.25, -0.2) is 0 Å². The Hall–Kier alpha value is -2.11. The molecule has 0 aliphatic carbocycles. The van der Waals surface area contributed by atoms with Gasteiger partial charge in [0.05, 0.1) is 11.2 Å². The normalized spacial score (nSPS) is 18.0. The van der Waals surface area contributed by atoms with Gasteiger partial charge in [-0.15, -0.1) is 0 Å². The van der Waals surface area contributed by atoms with Crippen molar-refractivity contribution in [2.45, 2.75) is 38.9 Å². The quantitative estimate of drug-likeness (QED) is 0.796. The highest BCUT2D eigenvalue weighted by Gasteiger charge is 2.51. The largest absolute Gasteiger partial charge is 0.494 e. The van der Waals surface area contributed by atoms with E-state index in [1.807, 2.05) is 36.4 Å². The van der Waals surface area contributed by atoms with Crippen LogP contribution in [0.1, 0.15) is 38.1 Å². The summed E-state index contributed by atoms with van der Waals surface area (Å²) in [5, 5.41) is 0. The predicted molar refractivity (Wildman–Crippen MR) is 106 cm³/mol. The summed E-state index contributed by atoms with van der Waals surface area (Å²) in [6, 6.07) is 15.9. The number of benzene rings is 2. The molecule has 0 atom stereocenters. The molecular formula is C21H26BNO3. The lowest BCUT2D eigenvalue weighted by molar-refractivity contribution is 0.00578. The van der Waals surface area contributed by atoms with Gasteiger partial charge in [-0.05, 0) is 56.4 Å². The van der Waals surface area contributed by atoms with E-state index in [4.69, 9.17) is 9.31 Å². The predicted octanol–water partition coefficient (Wildman–Crippen LogP) is 3.35. The van der Waals surface area contributed by atoms with Gasteiger partial charge in [-0.2, -0.15) is 0 Å². The molecule has 0 spiro atoms. The molecule has 136 valence electrons. The molecule has 2 aromatic carbocycles. The Morgan fingerprint density at radius 2 is 1.23 bits per heavy atom. The molecule has 0 radical (unpaired) electrons. The zero-order chi connectivity index (χ0) is 19.1. The molecule has 1 fully saturated rings. The highest BCUT2D eigenvalue weighted by molar-refractivity contribution is 6.62. The van der Waals surface area contributed by atoms with Crippen molar-refractivity contribution >= 4 is 18.5 Å². The average molecular weight is 351 g/mol. The van der Waals surface area contributed by atoms with Crippen LogP contribution in [0.25, 0.3) is 11.1 Å². The summed E-state index contributed by atoms with van der Waals surface area (Å²) in [5.41, 5.74) is 3.17. The monoisotopic (exact) mass is 351 g/mol. The maximum atomic E-state index is 12.0. The Morgan fingerprint density at radius 1 is 0.808 bits per heavy atom. The first-order valence-corrected chi connectivity index (χ1v) is 8.88. The van der Waals surface area contributed by atoms with Crippen LogP contribution in [-0.4, -0.2) is 43.2 Å². The van der Waals surface area contributed by atoms with Crippen LogP contribution in [0.5, 0.6) is 0 Å². The first-order valence-electron chi connectivity index (χ1n) is 8.88. The Bertz CT molecular complexity index is 779. The topological polar surface area (TPSA) is 38.8 Å². The molecule has 1 saturated heterocycles. The Kier molecular flexibility index (Phi) is 4.71. The highest BCUT2D eigenvalue weighted by Crippen LogP contribution is 2.36. The number of hydrogen-bond acceptors (Lipinski definition) is 3. The maximum absolute atomic E-state index is 12.0. The summed E-state index contributed by atoms with van der Waals surface area (Å²) in [5.74, 6) is 0.00709. The van der Waals surface area contributed by atoms with E-state index in [2.05, 4.69) is 39.8 Å². The Balaban J connectivity index is 1.77. The standard InChI is InChI=1S/C21H26BNO3/c1-20(2)21(3,4)26-22(25-20)18-13-11-16(12-14-18)15-7-9-17(10-8-15)19(24)23(5)6/h7-14H,1-6H3. The van der Waals surface area contributed by atoms with Crippen LogP contribution >= 0.6 is 0 Å².